The molecule has 0 saturated heterocycles. The van der Waals surface area contributed by atoms with Crippen LogP contribution in [0.15, 0.2) is 77.9 Å². The molecule has 2 aromatic carbocycles. The van der Waals surface area contributed by atoms with Gasteiger partial charge in [-0.2, -0.15) is 18.3 Å². The van der Waals surface area contributed by atoms with Gasteiger partial charge in [0.1, 0.15) is 6.61 Å². The molecule has 0 fully saturated rings. The van der Waals surface area contributed by atoms with Gasteiger partial charge in [0, 0.05) is 5.39 Å². The van der Waals surface area contributed by atoms with E-state index >= 15 is 0 Å². The van der Waals surface area contributed by atoms with E-state index in [-0.39, 0.29) is 71.6 Å². The Bertz CT molecular complexity index is 1250. The van der Waals surface area contributed by atoms with Crippen molar-refractivity contribution in [2.75, 3.05) is 0 Å². The van der Waals surface area contributed by atoms with E-state index in [1.54, 1.807) is 6.07 Å². The second-order valence-corrected chi connectivity index (χ2v) is 6.28. The van der Waals surface area contributed by atoms with Crippen LogP contribution >= 0.6 is 0 Å². The Morgan fingerprint density at radius 3 is 2.55 bits per heavy atom. The van der Waals surface area contributed by atoms with Crippen LogP contribution < -0.4 is 63.7 Å². The van der Waals surface area contributed by atoms with E-state index < -0.39 is 17.2 Å². The van der Waals surface area contributed by atoms with Gasteiger partial charge in [-0.1, -0.05) is 30.3 Å². The van der Waals surface area contributed by atoms with E-state index in [4.69, 9.17) is 4.74 Å². The number of ether oxygens (including phenoxy) is 1. The van der Waals surface area contributed by atoms with E-state index in [9.17, 15) is 18.0 Å². The first-order valence-corrected chi connectivity index (χ1v) is 8.64. The molecule has 0 radical (unpaired) electrons. The zero-order valence-electron chi connectivity index (χ0n) is 16.3. The number of nitrogens with zero attached hydrogens (tertiary/aromatic N) is 3. The number of halogens is 4. The van der Waals surface area contributed by atoms with Crippen molar-refractivity contribution in [1.29, 1.82) is 0 Å². The maximum absolute atomic E-state index is 12.9. The molecule has 0 N–H and O–H groups in total. The van der Waals surface area contributed by atoms with Crippen LogP contribution in [0.5, 0.6) is 5.75 Å². The maximum Gasteiger partial charge on any atom is 1.00 e. The Balaban J connectivity index is 0.00000171. The SMILES string of the molecule is O=c1cnn(-c2cccc(C(F)(F)F)c2)cc1OCc1ccc2ccccc2n1.[I-].[Na+]. The van der Waals surface area contributed by atoms with Crippen LogP contribution in [0.3, 0.4) is 0 Å². The van der Waals surface area contributed by atoms with Crippen molar-refractivity contribution < 1.29 is 71.4 Å². The number of benzene rings is 2. The van der Waals surface area contributed by atoms with Crippen molar-refractivity contribution >= 4 is 10.9 Å². The molecule has 5 nitrogen and oxygen atoms in total. The van der Waals surface area contributed by atoms with Crippen molar-refractivity contribution in [2.24, 2.45) is 0 Å². The van der Waals surface area contributed by atoms with E-state index in [1.165, 1.54) is 23.0 Å². The maximum atomic E-state index is 12.9. The summed E-state index contributed by atoms with van der Waals surface area (Å²) in [6.07, 6.45) is -2.21. The first-order chi connectivity index (χ1) is 13.9. The van der Waals surface area contributed by atoms with Crippen LogP contribution in [-0.2, 0) is 12.8 Å². The third-order valence-electron chi connectivity index (χ3n) is 4.25. The van der Waals surface area contributed by atoms with Crippen molar-refractivity contribution in [3.8, 4) is 11.4 Å². The fourth-order valence-electron chi connectivity index (χ4n) is 2.80. The molecular weight excluding hydrogens is 533 g/mol. The molecule has 31 heavy (non-hydrogen) atoms. The molecule has 0 amide bonds. The third-order valence-corrected chi connectivity index (χ3v) is 4.25. The summed E-state index contributed by atoms with van der Waals surface area (Å²) >= 11 is 0. The molecule has 0 aliphatic heterocycles. The quantitative estimate of drug-likeness (QED) is 0.228. The van der Waals surface area contributed by atoms with Crippen LogP contribution in [0.1, 0.15) is 11.3 Å². The van der Waals surface area contributed by atoms with Gasteiger partial charge in [-0.3, -0.25) is 4.79 Å². The number of hydrogen-bond acceptors (Lipinski definition) is 4. The van der Waals surface area contributed by atoms with Gasteiger partial charge in [0.25, 0.3) is 0 Å². The van der Waals surface area contributed by atoms with Gasteiger partial charge < -0.3 is 28.7 Å². The van der Waals surface area contributed by atoms with Crippen molar-refractivity contribution in [2.45, 2.75) is 12.8 Å². The largest absolute Gasteiger partial charge is 1.00 e. The second kappa shape index (κ2) is 10.6. The summed E-state index contributed by atoms with van der Waals surface area (Å²) in [5.74, 6) is -0.0348. The van der Waals surface area contributed by atoms with Gasteiger partial charge in [0.05, 0.1) is 34.9 Å². The topological polar surface area (TPSA) is 57.0 Å². The Morgan fingerprint density at radius 1 is 1.00 bits per heavy atom. The minimum Gasteiger partial charge on any atom is -1.00 e. The number of pyridine rings is 1. The number of hydrogen-bond donors (Lipinski definition) is 0. The molecule has 4 aromatic rings. The molecule has 4 rings (SSSR count). The predicted molar refractivity (Wildman–Crippen MR) is 101 cm³/mol. The molecule has 2 aromatic heterocycles. The van der Waals surface area contributed by atoms with Crippen LogP contribution in [0.4, 0.5) is 13.2 Å². The van der Waals surface area contributed by atoms with Gasteiger partial charge in [-0.15, -0.1) is 0 Å². The van der Waals surface area contributed by atoms with Gasteiger partial charge in [0.2, 0.25) is 5.43 Å². The number of rotatable bonds is 4. The fraction of sp³-hybridized carbons (Fsp3) is 0.0952. The number of para-hydroxylation sites is 1. The zero-order chi connectivity index (χ0) is 20.4. The molecule has 0 saturated carbocycles. The van der Waals surface area contributed by atoms with Crippen LogP contribution in [-0.4, -0.2) is 14.8 Å². The molecule has 154 valence electrons. The summed E-state index contributed by atoms with van der Waals surface area (Å²) in [7, 11) is 0. The van der Waals surface area contributed by atoms with Gasteiger partial charge in [-0.05, 0) is 30.3 Å². The summed E-state index contributed by atoms with van der Waals surface area (Å²) in [4.78, 5) is 16.5. The number of alkyl halides is 3. The summed E-state index contributed by atoms with van der Waals surface area (Å²) in [6.45, 7) is 0.0344. The first kappa shape index (κ1) is 25.3. The Kier molecular flexibility index (Phi) is 8.64. The summed E-state index contributed by atoms with van der Waals surface area (Å²) in [5, 5.41) is 4.85. The predicted octanol–water partition coefficient (Wildman–Crippen LogP) is -1.61. The number of fused-ring (bicyclic) bond motifs is 1. The summed E-state index contributed by atoms with van der Waals surface area (Å²) in [5.41, 5.74) is 0.288. The van der Waals surface area contributed by atoms with E-state index in [2.05, 4.69) is 10.1 Å². The van der Waals surface area contributed by atoms with Gasteiger partial charge in [-0.25, -0.2) is 9.67 Å². The summed E-state index contributed by atoms with van der Waals surface area (Å²) < 4.78 is 45.5. The monoisotopic (exact) mass is 547 g/mol. The van der Waals surface area contributed by atoms with Gasteiger partial charge in [0.15, 0.2) is 5.75 Å². The molecule has 0 unspecified atom stereocenters. The molecule has 0 aliphatic carbocycles. The standard InChI is InChI=1S/C21H14F3N3O2.HI.Na/c22-21(23,24)15-5-3-6-17(10-15)27-12-20(19(28)11-25-27)29-13-16-9-8-14-4-1-2-7-18(14)26-16;;/h1-12H,13H2;1H;/q;;+1/p-1. The molecule has 0 spiro atoms. The van der Waals surface area contributed by atoms with Crippen molar-refractivity contribution in [1.82, 2.24) is 14.8 Å². The minimum atomic E-state index is -4.48. The normalized spacial score (nSPS) is 10.8. The molecule has 10 heteroatoms. The second-order valence-electron chi connectivity index (χ2n) is 6.28. The Morgan fingerprint density at radius 2 is 1.77 bits per heavy atom. The average molecular weight is 547 g/mol. The Hall–Kier alpha value is -1.95. The summed E-state index contributed by atoms with van der Waals surface area (Å²) in [6, 6.07) is 15.9. The van der Waals surface area contributed by atoms with Crippen molar-refractivity contribution in [3.05, 3.63) is 94.5 Å². The van der Waals surface area contributed by atoms with E-state index in [0.717, 1.165) is 29.2 Å². The minimum absolute atomic E-state index is 0. The van der Waals surface area contributed by atoms with Crippen LogP contribution in [0.2, 0.25) is 0 Å². The smallest absolute Gasteiger partial charge is 1.00 e. The fourth-order valence-corrected chi connectivity index (χ4v) is 2.80. The molecule has 0 bridgehead atoms. The molecule has 0 atom stereocenters. The van der Waals surface area contributed by atoms with Crippen LogP contribution in [0, 0.1) is 0 Å². The average Bonchev–Trinajstić information content (AvgIpc) is 2.72. The molecule has 0 aliphatic rings. The molecule has 2 heterocycles. The number of aromatic nitrogens is 3. The van der Waals surface area contributed by atoms with Crippen LogP contribution in [0.25, 0.3) is 16.6 Å². The van der Waals surface area contributed by atoms with Crippen molar-refractivity contribution in [3.63, 3.8) is 0 Å². The third kappa shape index (κ3) is 6.06. The van der Waals surface area contributed by atoms with E-state index in [0.29, 0.717) is 5.69 Å². The van der Waals surface area contributed by atoms with Gasteiger partial charge >= 0.3 is 35.7 Å². The zero-order valence-corrected chi connectivity index (χ0v) is 20.5. The Labute approximate surface area is 214 Å². The first-order valence-electron chi connectivity index (χ1n) is 8.64. The molecular formula is C21H14F3IN3NaO2. The van der Waals surface area contributed by atoms with E-state index in [1.807, 2.05) is 30.3 Å².